The van der Waals surface area contributed by atoms with Crippen LogP contribution in [0.3, 0.4) is 0 Å². The van der Waals surface area contributed by atoms with E-state index in [4.69, 9.17) is 11.5 Å². The van der Waals surface area contributed by atoms with Gasteiger partial charge in [-0.25, -0.2) is 9.97 Å². The van der Waals surface area contributed by atoms with E-state index in [0.29, 0.717) is 17.2 Å². The standard InChI is InChI=1S/C24H20FN9O/c25-22(27)18(5-7-26)32-24(35)20-10-13-1-2-14(11-19(13)31-20)23-28-8-6-21(33-23)30-16-3-4-17-15(9-16)12-29-34-17/h1-12,31H,26-27H2,(H,29,34)(H,32,35)(H,28,30,33)/b7-5-,22-18+. The van der Waals surface area contributed by atoms with Crippen molar-refractivity contribution in [2.45, 2.75) is 0 Å². The molecule has 3 aromatic heterocycles. The highest BCUT2D eigenvalue weighted by molar-refractivity contribution is 5.99. The number of rotatable bonds is 6. The van der Waals surface area contributed by atoms with E-state index in [0.717, 1.165) is 33.7 Å². The summed E-state index contributed by atoms with van der Waals surface area (Å²) in [5.74, 6) is -0.478. The minimum atomic E-state index is -1.05. The van der Waals surface area contributed by atoms with Gasteiger partial charge in [-0.2, -0.15) is 9.49 Å². The molecule has 0 saturated carbocycles. The summed E-state index contributed by atoms with van der Waals surface area (Å²) in [5, 5.41) is 14.4. The largest absolute Gasteiger partial charge is 0.405 e. The average Bonchev–Trinajstić information content (AvgIpc) is 3.50. The van der Waals surface area contributed by atoms with Crippen LogP contribution in [0, 0.1) is 0 Å². The van der Waals surface area contributed by atoms with Crippen LogP contribution in [-0.4, -0.2) is 31.1 Å². The smallest absolute Gasteiger partial charge is 0.272 e. The third-order valence-electron chi connectivity index (χ3n) is 5.26. The van der Waals surface area contributed by atoms with Crippen LogP contribution in [0.15, 0.2) is 84.8 Å². The molecule has 5 rings (SSSR count). The van der Waals surface area contributed by atoms with Crippen LogP contribution in [0.2, 0.25) is 0 Å². The third kappa shape index (κ3) is 4.50. The number of nitrogens with zero attached hydrogens (tertiary/aromatic N) is 3. The molecule has 0 atom stereocenters. The summed E-state index contributed by atoms with van der Waals surface area (Å²) in [6.07, 6.45) is 5.67. The number of carbonyl (C=O) groups excluding carboxylic acids is 1. The van der Waals surface area contributed by atoms with Crippen molar-refractivity contribution in [1.29, 1.82) is 0 Å². The molecule has 0 bridgehead atoms. The molecule has 11 heteroatoms. The Bertz CT molecular complexity index is 1610. The molecule has 0 fully saturated rings. The molecule has 0 aliphatic heterocycles. The van der Waals surface area contributed by atoms with Crippen molar-refractivity contribution >= 4 is 39.2 Å². The summed E-state index contributed by atoms with van der Waals surface area (Å²) in [5.41, 5.74) is 13.7. The van der Waals surface area contributed by atoms with Crippen LogP contribution in [0.25, 0.3) is 33.2 Å². The number of amides is 1. The summed E-state index contributed by atoms with van der Waals surface area (Å²) in [6, 6.07) is 14.8. The van der Waals surface area contributed by atoms with Crippen LogP contribution >= 0.6 is 0 Å². The van der Waals surface area contributed by atoms with Crippen LogP contribution in [-0.2, 0) is 0 Å². The van der Waals surface area contributed by atoms with Crippen LogP contribution in [0.5, 0.6) is 0 Å². The lowest BCUT2D eigenvalue weighted by Gasteiger charge is -2.07. The topological polar surface area (TPSA) is 163 Å². The van der Waals surface area contributed by atoms with Gasteiger partial charge in [-0.1, -0.05) is 12.1 Å². The molecular weight excluding hydrogens is 449 g/mol. The summed E-state index contributed by atoms with van der Waals surface area (Å²) < 4.78 is 13.4. The van der Waals surface area contributed by atoms with Gasteiger partial charge < -0.3 is 27.1 Å². The maximum Gasteiger partial charge on any atom is 0.272 e. The van der Waals surface area contributed by atoms with E-state index >= 15 is 0 Å². The Balaban J connectivity index is 1.39. The summed E-state index contributed by atoms with van der Waals surface area (Å²) >= 11 is 0. The second kappa shape index (κ2) is 8.98. The number of aromatic nitrogens is 5. The molecule has 0 spiro atoms. The third-order valence-corrected chi connectivity index (χ3v) is 5.26. The number of allylic oxidation sites excluding steroid dienone is 1. The number of halogens is 1. The summed E-state index contributed by atoms with van der Waals surface area (Å²) in [4.78, 5) is 24.6. The second-order valence-corrected chi connectivity index (χ2v) is 7.62. The number of hydrogen-bond donors (Lipinski definition) is 6. The lowest BCUT2D eigenvalue weighted by molar-refractivity contribution is 0.0962. The molecule has 1 amide bonds. The molecule has 2 aromatic carbocycles. The molecule has 174 valence electrons. The monoisotopic (exact) mass is 469 g/mol. The molecule has 5 aromatic rings. The predicted molar refractivity (Wildman–Crippen MR) is 132 cm³/mol. The van der Waals surface area contributed by atoms with Crippen LogP contribution in [0.4, 0.5) is 15.9 Å². The Morgan fingerprint density at radius 3 is 2.77 bits per heavy atom. The van der Waals surface area contributed by atoms with Gasteiger partial charge in [0, 0.05) is 33.7 Å². The first kappa shape index (κ1) is 21.6. The minimum absolute atomic E-state index is 0.221. The molecule has 0 aliphatic carbocycles. The van der Waals surface area contributed by atoms with Gasteiger partial charge in [0.15, 0.2) is 5.82 Å². The Hall–Kier alpha value is -5.19. The van der Waals surface area contributed by atoms with Crippen LogP contribution in [0.1, 0.15) is 10.5 Å². The Labute approximate surface area is 198 Å². The maximum atomic E-state index is 13.4. The normalized spacial score (nSPS) is 12.3. The molecule has 0 radical (unpaired) electrons. The fourth-order valence-electron chi connectivity index (χ4n) is 3.59. The molecule has 3 heterocycles. The molecule has 10 nitrogen and oxygen atoms in total. The number of fused-ring (bicyclic) bond motifs is 2. The predicted octanol–water partition coefficient (Wildman–Crippen LogP) is 3.54. The lowest BCUT2D eigenvalue weighted by atomic mass is 10.1. The molecule has 35 heavy (non-hydrogen) atoms. The Morgan fingerprint density at radius 2 is 1.94 bits per heavy atom. The summed E-state index contributed by atoms with van der Waals surface area (Å²) in [7, 11) is 0. The molecule has 0 saturated heterocycles. The first-order valence-electron chi connectivity index (χ1n) is 10.5. The van der Waals surface area contributed by atoms with E-state index in [9.17, 15) is 9.18 Å². The van der Waals surface area contributed by atoms with Crippen molar-refractivity contribution in [3.05, 3.63) is 90.5 Å². The van der Waals surface area contributed by atoms with Gasteiger partial charge in [-0.15, -0.1) is 0 Å². The first-order chi connectivity index (χ1) is 17.0. The number of carbonyl (C=O) groups is 1. The van der Waals surface area contributed by atoms with Crippen molar-refractivity contribution in [3.8, 4) is 11.4 Å². The fourth-order valence-corrected chi connectivity index (χ4v) is 3.59. The zero-order valence-electron chi connectivity index (χ0n) is 18.2. The molecular formula is C24H20FN9O. The zero-order chi connectivity index (χ0) is 24.4. The van der Waals surface area contributed by atoms with Crippen molar-refractivity contribution in [2.75, 3.05) is 5.32 Å². The zero-order valence-corrected chi connectivity index (χ0v) is 18.2. The van der Waals surface area contributed by atoms with Gasteiger partial charge in [-0.05, 0) is 48.7 Å². The van der Waals surface area contributed by atoms with Crippen molar-refractivity contribution in [3.63, 3.8) is 0 Å². The van der Waals surface area contributed by atoms with E-state index < -0.39 is 11.9 Å². The van der Waals surface area contributed by atoms with Gasteiger partial charge in [0.05, 0.1) is 17.4 Å². The lowest BCUT2D eigenvalue weighted by Crippen LogP contribution is -2.24. The Kier molecular flexibility index (Phi) is 5.55. The van der Waals surface area contributed by atoms with E-state index in [1.54, 1.807) is 24.5 Å². The number of nitrogens with one attached hydrogen (secondary N) is 4. The highest BCUT2D eigenvalue weighted by Crippen LogP contribution is 2.25. The van der Waals surface area contributed by atoms with E-state index in [1.807, 2.05) is 36.4 Å². The van der Waals surface area contributed by atoms with Gasteiger partial charge in [-0.3, -0.25) is 9.89 Å². The van der Waals surface area contributed by atoms with Gasteiger partial charge in [0.25, 0.3) is 5.91 Å². The number of nitrogens with two attached hydrogens (primary N) is 2. The molecule has 0 unspecified atom stereocenters. The SMILES string of the molecule is N/C=C\C(NC(=O)c1cc2ccc(-c3nccc(Nc4ccc5[nH]ncc5c4)n3)cc2[nH]1)=C(/N)F. The highest BCUT2D eigenvalue weighted by atomic mass is 19.1. The van der Waals surface area contributed by atoms with Crippen molar-refractivity contribution in [2.24, 2.45) is 11.5 Å². The minimum Gasteiger partial charge on any atom is -0.405 e. The number of benzene rings is 2. The van der Waals surface area contributed by atoms with Gasteiger partial charge in [0.2, 0.25) is 5.95 Å². The fraction of sp³-hybridized carbons (Fsp3) is 0. The highest BCUT2D eigenvalue weighted by Gasteiger charge is 2.13. The Morgan fingerprint density at radius 1 is 1.06 bits per heavy atom. The number of H-pyrrole nitrogens is 2. The average molecular weight is 469 g/mol. The van der Waals surface area contributed by atoms with Gasteiger partial charge in [0.1, 0.15) is 11.5 Å². The maximum absolute atomic E-state index is 13.4. The molecule has 0 aliphatic rings. The number of aromatic amines is 2. The van der Waals surface area contributed by atoms with E-state index in [2.05, 4.69) is 35.8 Å². The second-order valence-electron chi connectivity index (χ2n) is 7.62. The first-order valence-corrected chi connectivity index (χ1v) is 10.5. The summed E-state index contributed by atoms with van der Waals surface area (Å²) in [6.45, 7) is 0. The van der Waals surface area contributed by atoms with Crippen molar-refractivity contribution < 1.29 is 9.18 Å². The van der Waals surface area contributed by atoms with E-state index in [1.165, 1.54) is 6.08 Å². The molecule has 8 N–H and O–H groups in total. The van der Waals surface area contributed by atoms with E-state index in [-0.39, 0.29) is 11.4 Å². The van der Waals surface area contributed by atoms with Gasteiger partial charge >= 0.3 is 0 Å². The van der Waals surface area contributed by atoms with Crippen molar-refractivity contribution in [1.82, 2.24) is 30.5 Å². The van der Waals surface area contributed by atoms with Crippen LogP contribution < -0.4 is 22.1 Å². The quantitative estimate of drug-likeness (QED) is 0.164. The number of hydrogen-bond acceptors (Lipinski definition) is 7. The number of anilines is 2.